The molecule has 0 rings (SSSR count). The van der Waals surface area contributed by atoms with E-state index in [2.05, 4.69) is 0 Å². The van der Waals surface area contributed by atoms with Crippen LogP contribution in [0.2, 0.25) is 0 Å². The van der Waals surface area contributed by atoms with E-state index in [0.29, 0.717) is 6.42 Å². The molecule has 0 aliphatic carbocycles. The highest BCUT2D eigenvalue weighted by Gasteiger charge is 2.12. The van der Waals surface area contributed by atoms with Crippen molar-refractivity contribution in [2.75, 3.05) is 0 Å². The summed E-state index contributed by atoms with van der Waals surface area (Å²) >= 11 is 0. The predicted molar refractivity (Wildman–Crippen MR) is 42.9 cm³/mol. The smallest absolute Gasteiger partial charge is 0.151 e. The van der Waals surface area contributed by atoms with Crippen LogP contribution in [-0.2, 0) is 0 Å². The summed E-state index contributed by atoms with van der Waals surface area (Å²) in [5.41, 5.74) is 0. The van der Waals surface area contributed by atoms with E-state index in [4.69, 9.17) is 10.2 Å². The first-order valence-electron chi connectivity index (χ1n) is 4.12. The molecule has 0 amide bonds. The first-order chi connectivity index (χ1) is 5.07. The van der Waals surface area contributed by atoms with E-state index < -0.39 is 12.4 Å². The molecule has 3 N–H and O–H groups in total. The molecule has 0 aliphatic rings. The fourth-order valence-corrected chi connectivity index (χ4v) is 0.876. The minimum absolute atomic E-state index is 0.244. The molecule has 68 valence electrons. The molecule has 11 heavy (non-hydrogen) atoms. The van der Waals surface area contributed by atoms with Crippen molar-refractivity contribution in [3.05, 3.63) is 0 Å². The molecule has 0 saturated heterocycles. The average Bonchev–Trinajstić information content (AvgIpc) is 1.98. The zero-order chi connectivity index (χ0) is 8.85. The van der Waals surface area contributed by atoms with Crippen molar-refractivity contribution >= 4 is 0 Å². The summed E-state index contributed by atoms with van der Waals surface area (Å²) in [7, 11) is 0. The molecule has 0 aromatic rings. The molecule has 0 fully saturated rings. The maximum Gasteiger partial charge on any atom is 0.151 e. The van der Waals surface area contributed by atoms with Gasteiger partial charge in [0.2, 0.25) is 0 Å². The Morgan fingerprint density at radius 1 is 1.09 bits per heavy atom. The Kier molecular flexibility index (Phi) is 5.46. The van der Waals surface area contributed by atoms with Gasteiger partial charge in [-0.05, 0) is 12.3 Å². The van der Waals surface area contributed by atoms with Crippen molar-refractivity contribution in [3.63, 3.8) is 0 Å². The van der Waals surface area contributed by atoms with Gasteiger partial charge in [-0.3, -0.25) is 0 Å². The van der Waals surface area contributed by atoms with Crippen LogP contribution < -0.4 is 0 Å². The highest BCUT2D eigenvalue weighted by Crippen LogP contribution is 2.12. The average molecular weight is 162 g/mol. The largest absolute Gasteiger partial charge is 0.393 e. The second-order valence-electron chi connectivity index (χ2n) is 3.01. The van der Waals surface area contributed by atoms with Crippen LogP contribution >= 0.6 is 0 Å². The predicted octanol–water partition coefficient (Wildman–Crippen LogP) is 0.484. The normalized spacial score (nSPS) is 16.9. The number of hydrogen-bond acceptors (Lipinski definition) is 3. The summed E-state index contributed by atoms with van der Waals surface area (Å²) in [6.45, 7) is 3.96. The minimum Gasteiger partial charge on any atom is -0.393 e. The Hall–Kier alpha value is -0.120. The molecular formula is C8H18O3. The lowest BCUT2D eigenvalue weighted by atomic mass is 9.98. The monoisotopic (exact) mass is 162 g/mol. The fraction of sp³-hybridized carbons (Fsp3) is 1.00. The maximum absolute atomic E-state index is 9.34. The van der Waals surface area contributed by atoms with Crippen LogP contribution in [0, 0.1) is 5.92 Å². The number of rotatable bonds is 5. The second kappa shape index (κ2) is 5.52. The van der Waals surface area contributed by atoms with Crippen molar-refractivity contribution < 1.29 is 15.3 Å². The van der Waals surface area contributed by atoms with Crippen molar-refractivity contribution in [2.24, 2.45) is 5.92 Å². The summed E-state index contributed by atoms with van der Waals surface area (Å²) in [6.07, 6.45) is -0.0450. The molecule has 0 heterocycles. The Balaban J connectivity index is 3.43. The Bertz CT molecular complexity index is 93.3. The van der Waals surface area contributed by atoms with Crippen LogP contribution in [0.15, 0.2) is 0 Å². The topological polar surface area (TPSA) is 60.7 Å². The fourth-order valence-electron chi connectivity index (χ4n) is 0.876. The summed E-state index contributed by atoms with van der Waals surface area (Å²) < 4.78 is 0. The van der Waals surface area contributed by atoms with E-state index in [1.807, 2.05) is 13.8 Å². The number of hydrogen-bond donors (Lipinski definition) is 3. The molecule has 0 radical (unpaired) electrons. The van der Waals surface area contributed by atoms with E-state index in [9.17, 15) is 5.11 Å². The van der Waals surface area contributed by atoms with E-state index in [1.54, 1.807) is 0 Å². The Labute approximate surface area is 67.7 Å². The molecular weight excluding hydrogens is 144 g/mol. The third-order valence-corrected chi connectivity index (χ3v) is 2.02. The van der Waals surface area contributed by atoms with Gasteiger partial charge < -0.3 is 15.3 Å². The Morgan fingerprint density at radius 3 is 2.00 bits per heavy atom. The number of aliphatic hydroxyl groups excluding tert-OH is 2. The highest BCUT2D eigenvalue weighted by molar-refractivity contribution is 4.62. The van der Waals surface area contributed by atoms with E-state index in [1.165, 1.54) is 0 Å². The van der Waals surface area contributed by atoms with E-state index in [-0.39, 0.29) is 12.3 Å². The van der Waals surface area contributed by atoms with Gasteiger partial charge in [-0.15, -0.1) is 0 Å². The third-order valence-electron chi connectivity index (χ3n) is 2.02. The first-order valence-corrected chi connectivity index (χ1v) is 4.12. The van der Waals surface area contributed by atoms with Gasteiger partial charge >= 0.3 is 0 Å². The molecule has 0 aromatic heterocycles. The van der Waals surface area contributed by atoms with Crippen LogP contribution in [0.25, 0.3) is 0 Å². The number of aliphatic hydroxyl groups is 3. The minimum atomic E-state index is -1.28. The van der Waals surface area contributed by atoms with Crippen molar-refractivity contribution in [3.8, 4) is 0 Å². The van der Waals surface area contributed by atoms with Gasteiger partial charge in [0.1, 0.15) is 0 Å². The maximum atomic E-state index is 9.34. The van der Waals surface area contributed by atoms with Gasteiger partial charge in [0.15, 0.2) is 6.29 Å². The zero-order valence-corrected chi connectivity index (χ0v) is 7.20. The lowest BCUT2D eigenvalue weighted by Gasteiger charge is -2.16. The van der Waals surface area contributed by atoms with Crippen LogP contribution in [0.1, 0.15) is 33.1 Å². The standard InChI is InChI=1S/C8H18O3/c1-3-6(2)7(9)4-5-8(10)11/h6-11H,3-5H2,1-2H3. The van der Waals surface area contributed by atoms with Gasteiger partial charge in [0, 0.05) is 6.42 Å². The van der Waals surface area contributed by atoms with Crippen LogP contribution in [0.5, 0.6) is 0 Å². The molecule has 3 nitrogen and oxygen atoms in total. The molecule has 3 heteroatoms. The summed E-state index contributed by atoms with van der Waals surface area (Å²) in [4.78, 5) is 0. The van der Waals surface area contributed by atoms with Gasteiger partial charge in [0.05, 0.1) is 6.10 Å². The van der Waals surface area contributed by atoms with Crippen molar-refractivity contribution in [2.45, 2.75) is 45.5 Å². The molecule has 2 atom stereocenters. The zero-order valence-electron chi connectivity index (χ0n) is 7.20. The molecule has 0 aromatic carbocycles. The molecule has 0 saturated carbocycles. The summed E-state index contributed by atoms with van der Waals surface area (Å²) in [5, 5.41) is 26.3. The van der Waals surface area contributed by atoms with E-state index in [0.717, 1.165) is 6.42 Å². The quantitative estimate of drug-likeness (QED) is 0.515. The van der Waals surface area contributed by atoms with Gasteiger partial charge in [-0.1, -0.05) is 20.3 Å². The third kappa shape index (κ3) is 5.18. The first kappa shape index (κ1) is 10.9. The summed E-state index contributed by atoms with van der Waals surface area (Å²) in [6, 6.07) is 0. The second-order valence-corrected chi connectivity index (χ2v) is 3.01. The van der Waals surface area contributed by atoms with Crippen LogP contribution in [-0.4, -0.2) is 27.7 Å². The van der Waals surface area contributed by atoms with Gasteiger partial charge in [-0.25, -0.2) is 0 Å². The van der Waals surface area contributed by atoms with Crippen LogP contribution in [0.3, 0.4) is 0 Å². The molecule has 0 bridgehead atoms. The lowest BCUT2D eigenvalue weighted by Crippen LogP contribution is -2.19. The van der Waals surface area contributed by atoms with Crippen LogP contribution in [0.4, 0.5) is 0 Å². The van der Waals surface area contributed by atoms with E-state index >= 15 is 0 Å². The molecule has 2 unspecified atom stereocenters. The lowest BCUT2D eigenvalue weighted by molar-refractivity contribution is -0.0559. The van der Waals surface area contributed by atoms with Gasteiger partial charge in [-0.2, -0.15) is 0 Å². The van der Waals surface area contributed by atoms with Gasteiger partial charge in [0.25, 0.3) is 0 Å². The SMILES string of the molecule is CCC(C)C(O)CCC(O)O. The molecule has 0 aliphatic heterocycles. The van der Waals surface area contributed by atoms with Crippen molar-refractivity contribution in [1.29, 1.82) is 0 Å². The van der Waals surface area contributed by atoms with Crippen molar-refractivity contribution in [1.82, 2.24) is 0 Å². The summed E-state index contributed by atoms with van der Waals surface area (Å²) in [5.74, 6) is 0.244. The highest BCUT2D eigenvalue weighted by atomic mass is 16.5. The Morgan fingerprint density at radius 2 is 1.64 bits per heavy atom. The molecule has 0 spiro atoms.